The van der Waals surface area contributed by atoms with Crippen LogP contribution in [0, 0.1) is 0 Å². The van der Waals surface area contributed by atoms with Gasteiger partial charge < -0.3 is 5.32 Å². The van der Waals surface area contributed by atoms with Crippen molar-refractivity contribution in [3.05, 3.63) is 34.4 Å². The molecule has 96 valence electrons. The summed E-state index contributed by atoms with van der Waals surface area (Å²) in [5.41, 5.74) is 2.50. The zero-order chi connectivity index (χ0) is 13.2. The van der Waals surface area contributed by atoms with E-state index in [2.05, 4.69) is 34.4 Å². The van der Waals surface area contributed by atoms with Crippen molar-refractivity contribution in [1.82, 2.24) is 13.1 Å². The van der Waals surface area contributed by atoms with Crippen molar-refractivity contribution in [3.63, 3.8) is 0 Å². The van der Waals surface area contributed by atoms with E-state index in [4.69, 9.17) is 0 Å². The van der Waals surface area contributed by atoms with Crippen molar-refractivity contribution < 1.29 is 4.79 Å². The second-order valence-electron chi connectivity index (χ2n) is 3.78. The Labute approximate surface area is 125 Å². The second kappa shape index (κ2) is 5.32. The monoisotopic (exact) mass is 354 g/mol. The number of anilines is 1. The molecule has 0 unspecified atom stereocenters. The Hall–Kier alpha value is -1.38. The molecular formula is C11H7BrN4OS2. The third-order valence-corrected chi connectivity index (χ3v) is 4.62. The Balaban J connectivity index is 1.80. The van der Waals surface area contributed by atoms with Gasteiger partial charge in [0.15, 0.2) is 0 Å². The molecule has 1 N–H and O–H groups in total. The molecule has 0 aliphatic carbocycles. The highest BCUT2D eigenvalue weighted by atomic mass is 79.9. The molecule has 0 saturated heterocycles. The van der Waals surface area contributed by atoms with Gasteiger partial charge in [-0.25, -0.2) is 0 Å². The van der Waals surface area contributed by atoms with Crippen LogP contribution in [-0.4, -0.2) is 19.0 Å². The van der Waals surface area contributed by atoms with Crippen molar-refractivity contribution in [1.29, 1.82) is 0 Å². The minimum Gasteiger partial charge on any atom is -0.315 e. The first kappa shape index (κ1) is 12.6. The lowest BCUT2D eigenvalue weighted by atomic mass is 10.1. The average molecular weight is 355 g/mol. The number of nitrogens with one attached hydrogen (secondary N) is 1. The van der Waals surface area contributed by atoms with E-state index in [1.165, 1.54) is 11.5 Å². The molecule has 0 atom stereocenters. The van der Waals surface area contributed by atoms with Crippen LogP contribution in [0.3, 0.4) is 0 Å². The van der Waals surface area contributed by atoms with E-state index in [1.807, 2.05) is 18.2 Å². The van der Waals surface area contributed by atoms with Crippen molar-refractivity contribution >= 4 is 61.1 Å². The molecule has 3 rings (SSSR count). The first-order valence-electron chi connectivity index (χ1n) is 5.34. The SMILES string of the molecule is O=C(Cc1cccc2nsnc12)Nc1sncc1Br. The average Bonchev–Trinajstić information content (AvgIpc) is 3.00. The van der Waals surface area contributed by atoms with Gasteiger partial charge in [0.1, 0.15) is 16.0 Å². The summed E-state index contributed by atoms with van der Waals surface area (Å²) >= 11 is 5.72. The maximum atomic E-state index is 12.0. The number of carbonyl (C=O) groups is 1. The fourth-order valence-electron chi connectivity index (χ4n) is 1.66. The highest BCUT2D eigenvalue weighted by Gasteiger charge is 2.12. The maximum Gasteiger partial charge on any atom is 0.229 e. The van der Waals surface area contributed by atoms with E-state index in [-0.39, 0.29) is 12.3 Å². The molecule has 0 saturated carbocycles. The molecule has 2 aromatic heterocycles. The van der Waals surface area contributed by atoms with E-state index in [9.17, 15) is 4.79 Å². The van der Waals surface area contributed by atoms with Gasteiger partial charge in [0, 0.05) is 0 Å². The van der Waals surface area contributed by atoms with E-state index < -0.39 is 0 Å². The summed E-state index contributed by atoms with van der Waals surface area (Å²) in [6, 6.07) is 5.67. The van der Waals surface area contributed by atoms with E-state index >= 15 is 0 Å². The lowest BCUT2D eigenvalue weighted by Gasteiger charge is -2.03. The Bertz CT molecular complexity index is 739. The Morgan fingerprint density at radius 2 is 2.26 bits per heavy atom. The number of hydrogen-bond donors (Lipinski definition) is 1. The smallest absolute Gasteiger partial charge is 0.229 e. The number of fused-ring (bicyclic) bond motifs is 1. The lowest BCUT2D eigenvalue weighted by molar-refractivity contribution is -0.115. The number of rotatable bonds is 3. The van der Waals surface area contributed by atoms with Crippen LogP contribution < -0.4 is 5.32 Å². The minimum atomic E-state index is -0.0922. The molecule has 2 heterocycles. The van der Waals surface area contributed by atoms with Crippen LogP contribution in [0.2, 0.25) is 0 Å². The normalized spacial score (nSPS) is 10.8. The summed E-state index contributed by atoms with van der Waals surface area (Å²) in [6.45, 7) is 0. The van der Waals surface area contributed by atoms with Gasteiger partial charge in [-0.1, -0.05) is 12.1 Å². The summed E-state index contributed by atoms with van der Waals surface area (Å²) in [4.78, 5) is 12.0. The molecular weight excluding hydrogens is 348 g/mol. The summed E-state index contributed by atoms with van der Waals surface area (Å²) < 4.78 is 13.2. The van der Waals surface area contributed by atoms with Crippen LogP contribution in [0.25, 0.3) is 11.0 Å². The van der Waals surface area contributed by atoms with Crippen LogP contribution in [0.4, 0.5) is 5.00 Å². The number of aromatic nitrogens is 3. The summed E-state index contributed by atoms with van der Waals surface area (Å²) in [7, 11) is 0. The molecule has 1 amide bonds. The Morgan fingerprint density at radius 3 is 3.05 bits per heavy atom. The van der Waals surface area contributed by atoms with Crippen molar-refractivity contribution in [2.24, 2.45) is 0 Å². The molecule has 1 aromatic carbocycles. The van der Waals surface area contributed by atoms with Crippen LogP contribution in [-0.2, 0) is 11.2 Å². The molecule has 0 bridgehead atoms. The zero-order valence-electron chi connectivity index (χ0n) is 9.46. The fraction of sp³-hybridized carbons (Fsp3) is 0.0909. The third kappa shape index (κ3) is 2.65. The van der Waals surface area contributed by atoms with Crippen molar-refractivity contribution in [2.45, 2.75) is 6.42 Å². The van der Waals surface area contributed by atoms with Gasteiger partial charge in [0.25, 0.3) is 0 Å². The van der Waals surface area contributed by atoms with E-state index in [0.29, 0.717) is 5.00 Å². The summed E-state index contributed by atoms with van der Waals surface area (Å²) in [5, 5.41) is 3.54. The minimum absolute atomic E-state index is 0.0922. The predicted molar refractivity (Wildman–Crippen MR) is 79.6 cm³/mol. The third-order valence-electron chi connectivity index (χ3n) is 2.50. The molecule has 0 radical (unpaired) electrons. The number of benzene rings is 1. The van der Waals surface area contributed by atoms with Gasteiger partial charge in [0.2, 0.25) is 5.91 Å². The van der Waals surface area contributed by atoms with Crippen LogP contribution in [0.5, 0.6) is 0 Å². The molecule has 5 nitrogen and oxygen atoms in total. The van der Waals surface area contributed by atoms with Crippen molar-refractivity contribution in [3.8, 4) is 0 Å². The fourth-order valence-corrected chi connectivity index (χ4v) is 3.34. The largest absolute Gasteiger partial charge is 0.315 e. The number of amides is 1. The van der Waals surface area contributed by atoms with Gasteiger partial charge in [-0.2, -0.15) is 13.1 Å². The predicted octanol–water partition coefficient (Wildman–Crippen LogP) is 3.09. The van der Waals surface area contributed by atoms with Gasteiger partial charge in [-0.05, 0) is 39.1 Å². The van der Waals surface area contributed by atoms with Crippen LogP contribution in [0.15, 0.2) is 28.9 Å². The molecule has 0 aliphatic rings. The van der Waals surface area contributed by atoms with E-state index in [1.54, 1.807) is 6.20 Å². The van der Waals surface area contributed by atoms with Gasteiger partial charge >= 0.3 is 0 Å². The maximum absolute atomic E-state index is 12.0. The first-order chi connectivity index (χ1) is 9.24. The molecule has 0 aliphatic heterocycles. The molecule has 3 aromatic rings. The number of carbonyl (C=O) groups excluding carboxylic acids is 1. The standard InChI is InChI=1S/C11H7BrN4OS2/c12-7-5-13-18-11(7)14-9(17)4-6-2-1-3-8-10(6)16-19-15-8/h1-3,5H,4H2,(H,14,17). The quantitative estimate of drug-likeness (QED) is 0.784. The van der Waals surface area contributed by atoms with Crippen molar-refractivity contribution in [2.75, 3.05) is 5.32 Å². The molecule has 0 fully saturated rings. The van der Waals surface area contributed by atoms with Gasteiger partial charge in [-0.3, -0.25) is 4.79 Å². The topological polar surface area (TPSA) is 67.8 Å². The summed E-state index contributed by atoms with van der Waals surface area (Å²) in [6.07, 6.45) is 1.93. The molecule has 19 heavy (non-hydrogen) atoms. The first-order valence-corrected chi connectivity index (χ1v) is 7.64. The number of nitrogens with zero attached hydrogens (tertiary/aromatic N) is 3. The molecule has 8 heteroatoms. The van der Waals surface area contributed by atoms with Crippen LogP contribution in [0.1, 0.15) is 5.56 Å². The van der Waals surface area contributed by atoms with Crippen LogP contribution >= 0.6 is 39.2 Å². The van der Waals surface area contributed by atoms with Gasteiger partial charge in [-0.15, -0.1) is 0 Å². The zero-order valence-corrected chi connectivity index (χ0v) is 12.7. The Morgan fingerprint density at radius 1 is 1.37 bits per heavy atom. The van der Waals surface area contributed by atoms with Gasteiger partial charge in [0.05, 0.1) is 28.8 Å². The number of hydrogen-bond acceptors (Lipinski definition) is 6. The molecule has 0 spiro atoms. The van der Waals surface area contributed by atoms with E-state index in [0.717, 1.165) is 32.8 Å². The lowest BCUT2D eigenvalue weighted by Crippen LogP contribution is -2.14. The second-order valence-corrected chi connectivity index (χ2v) is 5.96. The summed E-state index contributed by atoms with van der Waals surface area (Å²) in [5.74, 6) is -0.0922. The highest BCUT2D eigenvalue weighted by molar-refractivity contribution is 9.10. The number of halogens is 1. The highest BCUT2D eigenvalue weighted by Crippen LogP contribution is 2.26. The Kier molecular flexibility index (Phi) is 3.54.